The van der Waals surface area contributed by atoms with Crippen molar-refractivity contribution in [3.05, 3.63) is 57.8 Å². The third kappa shape index (κ3) is 3.86. The number of thiophene rings is 1. The van der Waals surface area contributed by atoms with E-state index in [1.165, 1.54) is 4.90 Å². The number of carbonyl (C=O) groups excluding carboxylic acids is 3. The van der Waals surface area contributed by atoms with E-state index in [4.69, 9.17) is 4.74 Å². The number of amides is 3. The minimum absolute atomic E-state index is 0.0585. The summed E-state index contributed by atoms with van der Waals surface area (Å²) in [7, 11) is 0. The first-order valence-corrected chi connectivity index (χ1v) is 10.4. The van der Waals surface area contributed by atoms with Crippen LogP contribution in [0.25, 0.3) is 0 Å². The largest absolute Gasteiger partial charge is 0.376 e. The third-order valence-electron chi connectivity index (χ3n) is 5.15. The topological polar surface area (TPSA) is 66.9 Å². The van der Waals surface area contributed by atoms with Crippen LogP contribution in [0.2, 0.25) is 0 Å². The first-order chi connectivity index (χ1) is 13.6. The summed E-state index contributed by atoms with van der Waals surface area (Å²) in [6.45, 7) is 1.90. The van der Waals surface area contributed by atoms with Crippen LogP contribution >= 0.6 is 11.3 Å². The molecule has 1 atom stereocenters. The Balaban J connectivity index is 1.41. The van der Waals surface area contributed by atoms with Gasteiger partial charge >= 0.3 is 0 Å². The maximum Gasteiger partial charge on any atom is 0.261 e. The molecule has 1 fully saturated rings. The lowest BCUT2D eigenvalue weighted by molar-refractivity contribution is -0.133. The highest BCUT2D eigenvalue weighted by atomic mass is 32.1. The van der Waals surface area contributed by atoms with E-state index in [1.807, 2.05) is 17.5 Å². The van der Waals surface area contributed by atoms with E-state index in [0.29, 0.717) is 24.2 Å². The van der Waals surface area contributed by atoms with Crippen molar-refractivity contribution >= 4 is 29.1 Å². The van der Waals surface area contributed by atoms with Crippen LogP contribution in [-0.2, 0) is 16.1 Å². The normalized spacial score (nSPS) is 18.6. The maximum atomic E-state index is 12.9. The highest BCUT2D eigenvalue weighted by Gasteiger charge is 2.35. The molecule has 0 spiro atoms. The van der Waals surface area contributed by atoms with Gasteiger partial charge in [-0.15, -0.1) is 11.3 Å². The second-order valence-electron chi connectivity index (χ2n) is 7.05. The minimum atomic E-state index is -0.322. The van der Waals surface area contributed by atoms with Gasteiger partial charge in [-0.25, -0.2) is 0 Å². The Kier molecular flexibility index (Phi) is 5.54. The van der Waals surface area contributed by atoms with Gasteiger partial charge in [0, 0.05) is 31.0 Å². The van der Waals surface area contributed by atoms with Gasteiger partial charge in [0.25, 0.3) is 11.8 Å². The number of rotatable bonds is 7. The zero-order valence-electron chi connectivity index (χ0n) is 15.5. The number of hydrogen-bond acceptors (Lipinski definition) is 5. The Bertz CT molecular complexity index is 839. The Labute approximate surface area is 167 Å². The smallest absolute Gasteiger partial charge is 0.261 e. The van der Waals surface area contributed by atoms with Crippen molar-refractivity contribution in [2.75, 3.05) is 19.7 Å². The Morgan fingerprint density at radius 1 is 1.14 bits per heavy atom. The number of fused-ring (bicyclic) bond motifs is 1. The fraction of sp³-hybridized carbons (Fsp3) is 0.381. The second kappa shape index (κ2) is 8.24. The van der Waals surface area contributed by atoms with Crippen LogP contribution in [0.4, 0.5) is 0 Å². The molecule has 0 aliphatic carbocycles. The van der Waals surface area contributed by atoms with E-state index in [1.54, 1.807) is 40.5 Å². The third-order valence-corrected chi connectivity index (χ3v) is 6.02. The molecule has 7 heteroatoms. The average molecular weight is 398 g/mol. The summed E-state index contributed by atoms with van der Waals surface area (Å²) in [5.74, 6) is -0.713. The molecule has 0 saturated carbocycles. The number of nitrogens with zero attached hydrogens (tertiary/aromatic N) is 2. The lowest BCUT2D eigenvalue weighted by Crippen LogP contribution is -2.39. The molecule has 1 aromatic carbocycles. The molecule has 0 radical (unpaired) electrons. The number of hydrogen-bond donors (Lipinski definition) is 0. The van der Waals surface area contributed by atoms with Crippen LogP contribution in [0, 0.1) is 0 Å². The van der Waals surface area contributed by atoms with Gasteiger partial charge in [0.2, 0.25) is 5.91 Å². The van der Waals surface area contributed by atoms with E-state index in [-0.39, 0.29) is 36.8 Å². The van der Waals surface area contributed by atoms with Gasteiger partial charge in [-0.05, 0) is 36.4 Å². The predicted octanol–water partition coefficient (Wildman–Crippen LogP) is 2.94. The van der Waals surface area contributed by atoms with Gasteiger partial charge in [-0.3, -0.25) is 19.3 Å². The summed E-state index contributed by atoms with van der Waals surface area (Å²) < 4.78 is 5.70. The Morgan fingerprint density at radius 3 is 2.50 bits per heavy atom. The van der Waals surface area contributed by atoms with Gasteiger partial charge in [-0.2, -0.15) is 0 Å². The molecule has 0 N–H and O–H groups in total. The van der Waals surface area contributed by atoms with E-state index < -0.39 is 0 Å². The SMILES string of the molecule is O=C(CCN1C(=O)c2ccccc2C1=O)N(Cc1cccs1)C[C@@H]1CCCO1. The van der Waals surface area contributed by atoms with Crippen molar-refractivity contribution in [3.63, 3.8) is 0 Å². The van der Waals surface area contributed by atoms with E-state index in [9.17, 15) is 14.4 Å². The van der Waals surface area contributed by atoms with E-state index in [0.717, 1.165) is 24.3 Å². The van der Waals surface area contributed by atoms with Gasteiger partial charge in [0.1, 0.15) is 0 Å². The molecule has 4 rings (SSSR count). The summed E-state index contributed by atoms with van der Waals surface area (Å²) in [6.07, 6.45) is 2.14. The van der Waals surface area contributed by atoms with E-state index in [2.05, 4.69) is 0 Å². The molecule has 2 aromatic rings. The Morgan fingerprint density at radius 2 is 1.89 bits per heavy atom. The molecular weight excluding hydrogens is 376 g/mol. The summed E-state index contributed by atoms with van der Waals surface area (Å²) in [5.41, 5.74) is 0.824. The summed E-state index contributed by atoms with van der Waals surface area (Å²) in [6, 6.07) is 10.8. The van der Waals surface area contributed by atoms with Crippen molar-refractivity contribution < 1.29 is 19.1 Å². The first kappa shape index (κ1) is 18.8. The Hall–Kier alpha value is -2.51. The molecule has 0 unspecified atom stereocenters. The fourth-order valence-corrected chi connectivity index (χ4v) is 4.41. The van der Waals surface area contributed by atoms with Crippen molar-refractivity contribution in [2.24, 2.45) is 0 Å². The summed E-state index contributed by atoms with van der Waals surface area (Å²) >= 11 is 1.61. The quantitative estimate of drug-likeness (QED) is 0.673. The molecule has 0 bridgehead atoms. The monoisotopic (exact) mass is 398 g/mol. The molecule has 2 aliphatic heterocycles. The van der Waals surface area contributed by atoms with Gasteiger partial charge in [-0.1, -0.05) is 18.2 Å². The van der Waals surface area contributed by atoms with Gasteiger partial charge in [0.15, 0.2) is 0 Å². The summed E-state index contributed by atoms with van der Waals surface area (Å²) in [5, 5.41) is 1.99. The molecule has 28 heavy (non-hydrogen) atoms. The highest BCUT2D eigenvalue weighted by molar-refractivity contribution is 7.09. The number of imide groups is 1. The van der Waals surface area contributed by atoms with Crippen LogP contribution in [0.15, 0.2) is 41.8 Å². The van der Waals surface area contributed by atoms with Crippen LogP contribution in [0.3, 0.4) is 0 Å². The maximum absolute atomic E-state index is 12.9. The van der Waals surface area contributed by atoms with Gasteiger partial charge < -0.3 is 9.64 Å². The van der Waals surface area contributed by atoms with E-state index >= 15 is 0 Å². The number of benzene rings is 1. The van der Waals surface area contributed by atoms with Crippen LogP contribution in [-0.4, -0.2) is 53.3 Å². The van der Waals surface area contributed by atoms with Gasteiger partial charge in [0.05, 0.1) is 23.8 Å². The van der Waals surface area contributed by atoms with Crippen molar-refractivity contribution in [2.45, 2.75) is 31.9 Å². The molecule has 3 amide bonds. The van der Waals surface area contributed by atoms with Crippen LogP contribution < -0.4 is 0 Å². The average Bonchev–Trinajstić information content (AvgIpc) is 3.44. The molecule has 1 aromatic heterocycles. The number of carbonyl (C=O) groups is 3. The molecule has 3 heterocycles. The zero-order chi connectivity index (χ0) is 19.5. The van der Waals surface area contributed by atoms with Crippen LogP contribution in [0.5, 0.6) is 0 Å². The molecule has 146 valence electrons. The highest BCUT2D eigenvalue weighted by Crippen LogP contribution is 2.23. The molecule has 1 saturated heterocycles. The second-order valence-corrected chi connectivity index (χ2v) is 8.08. The zero-order valence-corrected chi connectivity index (χ0v) is 16.3. The van der Waals surface area contributed by atoms with Crippen LogP contribution in [0.1, 0.15) is 44.9 Å². The molecule has 2 aliphatic rings. The molecule has 6 nitrogen and oxygen atoms in total. The van der Waals surface area contributed by atoms with Crippen molar-refractivity contribution in [1.82, 2.24) is 9.80 Å². The standard InChI is InChI=1S/C21H22N2O4S/c24-19(9-10-23-20(25)17-7-1-2-8-18(17)21(23)26)22(13-15-5-3-11-27-15)14-16-6-4-12-28-16/h1-2,4,6-8,12,15H,3,5,9-11,13-14H2/t15-/m0/s1. The predicted molar refractivity (Wildman–Crippen MR) is 105 cm³/mol. The minimum Gasteiger partial charge on any atom is -0.376 e. The molecular formula is C21H22N2O4S. The van der Waals surface area contributed by atoms with Crippen molar-refractivity contribution in [1.29, 1.82) is 0 Å². The lowest BCUT2D eigenvalue weighted by Gasteiger charge is -2.26. The first-order valence-electron chi connectivity index (χ1n) is 9.50. The number of ether oxygens (including phenoxy) is 1. The summed E-state index contributed by atoms with van der Waals surface area (Å²) in [4.78, 5) is 42.0. The van der Waals surface area contributed by atoms with Crippen molar-refractivity contribution in [3.8, 4) is 0 Å². The lowest BCUT2D eigenvalue weighted by atomic mass is 10.1. The fourth-order valence-electron chi connectivity index (χ4n) is 3.69.